The number of likely N-dealkylation sites (tertiary alicyclic amines) is 2. The zero-order valence-corrected chi connectivity index (χ0v) is 19.0. The Hall–Kier alpha value is -1.76. The minimum Gasteiger partial charge on any atom is -0.352 e. The van der Waals surface area contributed by atoms with Gasteiger partial charge in [-0.15, -0.1) is 11.3 Å². The molecule has 2 aromatic rings. The second-order valence-corrected chi connectivity index (χ2v) is 9.75. The summed E-state index contributed by atoms with van der Waals surface area (Å²) < 4.78 is 0. The molecule has 30 heavy (non-hydrogen) atoms. The fourth-order valence-electron chi connectivity index (χ4n) is 4.66. The van der Waals surface area contributed by atoms with Crippen LogP contribution in [0.15, 0.2) is 35.7 Å². The third-order valence-corrected chi connectivity index (χ3v) is 7.75. The molecule has 1 aromatic carbocycles. The molecule has 5 nitrogen and oxygen atoms in total. The lowest BCUT2D eigenvalue weighted by Crippen LogP contribution is -2.52. The van der Waals surface area contributed by atoms with E-state index in [1.807, 2.05) is 0 Å². The third-order valence-electron chi connectivity index (χ3n) is 6.63. The Morgan fingerprint density at radius 2 is 1.83 bits per heavy atom. The number of rotatable bonds is 6. The molecule has 2 fully saturated rings. The van der Waals surface area contributed by atoms with Gasteiger partial charge in [0.05, 0.1) is 11.0 Å². The average Bonchev–Trinajstić information content (AvgIpc) is 3.22. The van der Waals surface area contributed by atoms with Crippen molar-refractivity contribution in [3.05, 3.63) is 52.0 Å². The number of thiazole rings is 1. The van der Waals surface area contributed by atoms with Crippen LogP contribution in [0.2, 0.25) is 0 Å². The number of nitrogens with one attached hydrogen (secondary N) is 1. The molecule has 162 valence electrons. The Kier molecular flexibility index (Phi) is 7.18. The van der Waals surface area contributed by atoms with Gasteiger partial charge in [-0.25, -0.2) is 4.98 Å². The maximum atomic E-state index is 12.9. The quantitative estimate of drug-likeness (QED) is 0.763. The van der Waals surface area contributed by atoms with Crippen molar-refractivity contribution in [2.75, 3.05) is 26.2 Å². The van der Waals surface area contributed by atoms with Crippen LogP contribution < -0.4 is 5.32 Å². The summed E-state index contributed by atoms with van der Waals surface area (Å²) in [5.74, 6) is 0.754. The van der Waals surface area contributed by atoms with Crippen molar-refractivity contribution in [3.8, 4) is 0 Å². The summed E-state index contributed by atoms with van der Waals surface area (Å²) in [5, 5.41) is 6.74. The summed E-state index contributed by atoms with van der Waals surface area (Å²) in [4.78, 5) is 22.4. The highest BCUT2D eigenvalue weighted by atomic mass is 32.1. The fourth-order valence-corrected chi connectivity index (χ4v) is 5.63. The van der Waals surface area contributed by atoms with Gasteiger partial charge < -0.3 is 5.32 Å². The van der Waals surface area contributed by atoms with E-state index in [0.717, 1.165) is 64.1 Å². The molecule has 2 aliphatic heterocycles. The third kappa shape index (κ3) is 5.48. The fraction of sp³-hybridized carbons (Fsp3) is 0.583. The van der Waals surface area contributed by atoms with Crippen LogP contribution in [0.5, 0.6) is 0 Å². The minimum atomic E-state index is -0.0497. The highest BCUT2D eigenvalue weighted by Crippen LogP contribution is 2.30. The number of hydrogen-bond donors (Lipinski definition) is 1. The minimum absolute atomic E-state index is 0.0497. The predicted molar refractivity (Wildman–Crippen MR) is 123 cm³/mol. The number of carbonyl (C=O) groups is 1. The molecule has 4 rings (SSSR count). The van der Waals surface area contributed by atoms with Crippen molar-refractivity contribution < 1.29 is 4.79 Å². The van der Waals surface area contributed by atoms with E-state index < -0.39 is 0 Å². The predicted octanol–water partition coefficient (Wildman–Crippen LogP) is 3.80. The Morgan fingerprint density at radius 1 is 1.13 bits per heavy atom. The normalized spacial score (nSPS) is 20.9. The van der Waals surface area contributed by atoms with Crippen LogP contribution in [0.3, 0.4) is 0 Å². The van der Waals surface area contributed by atoms with Gasteiger partial charge in [-0.3, -0.25) is 14.6 Å². The Labute approximate surface area is 184 Å². The maximum Gasteiger partial charge on any atom is 0.237 e. The van der Waals surface area contributed by atoms with E-state index in [4.69, 9.17) is 0 Å². The summed E-state index contributed by atoms with van der Waals surface area (Å²) >= 11 is 1.78. The van der Waals surface area contributed by atoms with Gasteiger partial charge in [-0.05, 0) is 58.2 Å². The van der Waals surface area contributed by atoms with Crippen LogP contribution in [-0.2, 0) is 11.3 Å². The molecule has 2 saturated heterocycles. The van der Waals surface area contributed by atoms with Gasteiger partial charge in [0.25, 0.3) is 0 Å². The standard InChI is InChI=1S/C24H34N4OS/c1-18-17-30-24(25-18)21-8-14-28(15-9-21)19(2)23(29)26-22-10-12-27(13-11-22)16-20-6-4-3-5-7-20/h3-7,17,19,21-22H,8-16H2,1-2H3,(H,26,29). The molecular formula is C24H34N4OS. The monoisotopic (exact) mass is 426 g/mol. The summed E-state index contributed by atoms with van der Waals surface area (Å²) in [6.07, 6.45) is 4.28. The number of aryl methyl sites for hydroxylation is 1. The molecular weight excluding hydrogens is 392 g/mol. The van der Waals surface area contributed by atoms with E-state index in [-0.39, 0.29) is 11.9 Å². The largest absolute Gasteiger partial charge is 0.352 e. The van der Waals surface area contributed by atoms with Gasteiger partial charge in [0.2, 0.25) is 5.91 Å². The van der Waals surface area contributed by atoms with Crippen LogP contribution in [0.1, 0.15) is 54.8 Å². The topological polar surface area (TPSA) is 48.5 Å². The Morgan fingerprint density at radius 3 is 2.47 bits per heavy atom. The first-order valence-electron chi connectivity index (χ1n) is 11.3. The second-order valence-electron chi connectivity index (χ2n) is 8.86. The van der Waals surface area contributed by atoms with E-state index >= 15 is 0 Å². The molecule has 0 bridgehead atoms. The van der Waals surface area contributed by atoms with E-state index in [1.165, 1.54) is 10.6 Å². The molecule has 0 aliphatic carbocycles. The Bertz CT molecular complexity index is 808. The van der Waals surface area contributed by atoms with E-state index in [1.54, 1.807) is 11.3 Å². The molecule has 0 saturated carbocycles. The van der Waals surface area contributed by atoms with Gasteiger partial charge >= 0.3 is 0 Å². The van der Waals surface area contributed by atoms with Crippen molar-refractivity contribution in [1.29, 1.82) is 0 Å². The number of piperidine rings is 2. The molecule has 1 amide bonds. The molecule has 1 aromatic heterocycles. The molecule has 0 radical (unpaired) electrons. The number of nitrogens with zero attached hydrogens (tertiary/aromatic N) is 3. The van der Waals surface area contributed by atoms with Crippen molar-refractivity contribution in [2.24, 2.45) is 0 Å². The summed E-state index contributed by atoms with van der Waals surface area (Å²) in [5.41, 5.74) is 2.49. The van der Waals surface area contributed by atoms with E-state index in [9.17, 15) is 4.79 Å². The lowest BCUT2D eigenvalue weighted by Gasteiger charge is -2.36. The zero-order valence-electron chi connectivity index (χ0n) is 18.2. The number of carbonyl (C=O) groups excluding carboxylic acids is 1. The SMILES string of the molecule is Cc1csc(C2CCN(C(C)C(=O)NC3CCN(Cc4ccccc4)CC3)CC2)n1. The van der Waals surface area contributed by atoms with Gasteiger partial charge in [0.1, 0.15) is 0 Å². The highest BCUT2D eigenvalue weighted by Gasteiger charge is 2.30. The van der Waals surface area contributed by atoms with Crippen LogP contribution in [0, 0.1) is 6.92 Å². The van der Waals surface area contributed by atoms with Crippen molar-refractivity contribution in [3.63, 3.8) is 0 Å². The average molecular weight is 427 g/mol. The molecule has 1 unspecified atom stereocenters. The van der Waals surface area contributed by atoms with Crippen molar-refractivity contribution >= 4 is 17.2 Å². The van der Waals surface area contributed by atoms with E-state index in [0.29, 0.717) is 12.0 Å². The first-order chi connectivity index (χ1) is 14.6. The zero-order chi connectivity index (χ0) is 20.9. The number of benzene rings is 1. The molecule has 1 N–H and O–H groups in total. The second kappa shape index (κ2) is 10.0. The first kappa shape index (κ1) is 21.5. The Balaban J connectivity index is 1.19. The number of amides is 1. The summed E-state index contributed by atoms with van der Waals surface area (Å²) in [7, 11) is 0. The smallest absolute Gasteiger partial charge is 0.237 e. The van der Waals surface area contributed by atoms with Gasteiger partial charge in [0.15, 0.2) is 0 Å². The molecule has 2 aliphatic rings. The van der Waals surface area contributed by atoms with Crippen LogP contribution in [0.4, 0.5) is 0 Å². The lowest BCUT2D eigenvalue weighted by molar-refractivity contribution is -0.127. The van der Waals surface area contributed by atoms with Crippen molar-refractivity contribution in [1.82, 2.24) is 20.1 Å². The molecule has 3 heterocycles. The van der Waals surface area contributed by atoms with Crippen molar-refractivity contribution in [2.45, 2.75) is 64.1 Å². The van der Waals surface area contributed by atoms with Crippen LogP contribution in [-0.4, -0.2) is 59.0 Å². The van der Waals surface area contributed by atoms with Gasteiger partial charge in [-0.2, -0.15) is 0 Å². The van der Waals surface area contributed by atoms with Gasteiger partial charge in [-0.1, -0.05) is 30.3 Å². The first-order valence-corrected chi connectivity index (χ1v) is 12.2. The number of hydrogen-bond acceptors (Lipinski definition) is 5. The molecule has 6 heteroatoms. The number of aromatic nitrogens is 1. The maximum absolute atomic E-state index is 12.9. The van der Waals surface area contributed by atoms with E-state index in [2.05, 4.69) is 69.7 Å². The summed E-state index contributed by atoms with van der Waals surface area (Å²) in [6.45, 7) is 9.19. The van der Waals surface area contributed by atoms with Crippen LogP contribution >= 0.6 is 11.3 Å². The molecule has 1 atom stereocenters. The van der Waals surface area contributed by atoms with Gasteiger partial charge in [0, 0.05) is 42.7 Å². The highest BCUT2D eigenvalue weighted by molar-refractivity contribution is 7.09. The lowest BCUT2D eigenvalue weighted by atomic mass is 9.96. The van der Waals surface area contributed by atoms with Crippen LogP contribution in [0.25, 0.3) is 0 Å². The molecule has 0 spiro atoms. The summed E-state index contributed by atoms with van der Waals surface area (Å²) in [6, 6.07) is 10.9.